The molecule has 0 aliphatic rings. The highest BCUT2D eigenvalue weighted by molar-refractivity contribution is 14.0. The van der Waals surface area contributed by atoms with Crippen molar-refractivity contribution in [3.05, 3.63) is 71.8 Å². The van der Waals surface area contributed by atoms with Gasteiger partial charge in [-0.15, -0.1) is 24.0 Å². The first-order chi connectivity index (χ1) is 9.21. The molecule has 0 atom stereocenters. The second-order valence-corrected chi connectivity index (χ2v) is 7.23. The van der Waals surface area contributed by atoms with Gasteiger partial charge in [0, 0.05) is 0 Å². The van der Waals surface area contributed by atoms with Crippen LogP contribution < -0.4 is 0 Å². The SMILES string of the molecule is CC(C)(C)c1ccccc1.CC(C)(C)c1ccccc1.I. The highest BCUT2D eigenvalue weighted by Crippen LogP contribution is 2.21. The van der Waals surface area contributed by atoms with Crippen LogP contribution in [0, 0.1) is 0 Å². The molecule has 0 unspecified atom stereocenters. The molecular weight excluding hydrogens is 367 g/mol. The summed E-state index contributed by atoms with van der Waals surface area (Å²) in [5.41, 5.74) is 3.38. The predicted molar refractivity (Wildman–Crippen MR) is 106 cm³/mol. The fourth-order valence-corrected chi connectivity index (χ4v) is 1.88. The third kappa shape index (κ3) is 7.66. The van der Waals surface area contributed by atoms with Crippen molar-refractivity contribution in [3.8, 4) is 0 Å². The lowest BCUT2D eigenvalue weighted by molar-refractivity contribution is 0.590. The summed E-state index contributed by atoms with van der Waals surface area (Å²) in [6.07, 6.45) is 0. The molecule has 0 fully saturated rings. The lowest BCUT2D eigenvalue weighted by atomic mass is 9.87. The standard InChI is InChI=1S/2C10H14.HI/c2*1-10(2,3)9-7-5-4-6-8-9;/h2*4-8H,1-3H3;1H. The molecule has 2 aromatic carbocycles. The minimum atomic E-state index is 0. The number of benzene rings is 2. The van der Waals surface area contributed by atoms with Gasteiger partial charge in [0.2, 0.25) is 0 Å². The van der Waals surface area contributed by atoms with E-state index < -0.39 is 0 Å². The zero-order valence-electron chi connectivity index (χ0n) is 14.2. The van der Waals surface area contributed by atoms with E-state index in [9.17, 15) is 0 Å². The van der Waals surface area contributed by atoms with E-state index in [1.54, 1.807) is 0 Å². The smallest absolute Gasteiger partial charge is 0.0132 e. The summed E-state index contributed by atoms with van der Waals surface area (Å²) < 4.78 is 0. The number of halogens is 1. The molecule has 1 heteroatoms. The van der Waals surface area contributed by atoms with Crippen LogP contribution in [0.15, 0.2) is 60.7 Å². The summed E-state index contributed by atoms with van der Waals surface area (Å²) in [6.45, 7) is 13.3. The topological polar surface area (TPSA) is 0 Å². The van der Waals surface area contributed by atoms with E-state index in [0.29, 0.717) is 10.8 Å². The van der Waals surface area contributed by atoms with E-state index in [-0.39, 0.29) is 24.0 Å². The Morgan fingerprint density at radius 3 is 0.857 bits per heavy atom. The van der Waals surface area contributed by atoms with Crippen molar-refractivity contribution in [2.75, 3.05) is 0 Å². The lowest BCUT2D eigenvalue weighted by Gasteiger charge is -2.18. The van der Waals surface area contributed by atoms with Gasteiger partial charge in [-0.05, 0) is 22.0 Å². The van der Waals surface area contributed by atoms with Crippen LogP contribution in [0.4, 0.5) is 0 Å². The van der Waals surface area contributed by atoms with Gasteiger partial charge in [-0.1, -0.05) is 102 Å². The van der Waals surface area contributed by atoms with Crippen LogP contribution in [-0.2, 0) is 10.8 Å². The molecule has 0 N–H and O–H groups in total. The molecular formula is C20H29I. The van der Waals surface area contributed by atoms with Crippen LogP contribution in [0.3, 0.4) is 0 Å². The Kier molecular flexibility index (Phi) is 8.23. The van der Waals surface area contributed by atoms with Crippen LogP contribution in [-0.4, -0.2) is 0 Å². The Morgan fingerprint density at radius 2 is 0.714 bits per heavy atom. The number of hydrogen-bond donors (Lipinski definition) is 0. The minimum absolute atomic E-state index is 0. The molecule has 0 radical (unpaired) electrons. The molecule has 0 saturated heterocycles. The second-order valence-electron chi connectivity index (χ2n) is 7.23. The largest absolute Gasteiger partial charge is 0.107 e. The van der Waals surface area contributed by atoms with Gasteiger partial charge < -0.3 is 0 Å². The molecule has 0 aliphatic heterocycles. The van der Waals surface area contributed by atoms with Crippen LogP contribution in [0.1, 0.15) is 52.7 Å². The molecule has 0 amide bonds. The highest BCUT2D eigenvalue weighted by Gasteiger charge is 2.11. The molecule has 21 heavy (non-hydrogen) atoms. The third-order valence-corrected chi connectivity index (χ3v) is 3.28. The first kappa shape index (κ1) is 20.2. The van der Waals surface area contributed by atoms with Gasteiger partial charge in [0.05, 0.1) is 0 Å². The van der Waals surface area contributed by atoms with Crippen molar-refractivity contribution >= 4 is 24.0 Å². The van der Waals surface area contributed by atoms with Gasteiger partial charge in [0.25, 0.3) is 0 Å². The van der Waals surface area contributed by atoms with Crippen molar-refractivity contribution in [2.24, 2.45) is 0 Å². The van der Waals surface area contributed by atoms with E-state index in [1.807, 2.05) is 0 Å². The Balaban J connectivity index is 0.000000364. The summed E-state index contributed by atoms with van der Waals surface area (Å²) in [6, 6.07) is 21.1. The molecule has 0 saturated carbocycles. The summed E-state index contributed by atoms with van der Waals surface area (Å²) in [7, 11) is 0. The first-order valence-electron chi connectivity index (χ1n) is 7.32. The second kappa shape index (κ2) is 8.57. The Hall–Kier alpha value is -0.830. The maximum absolute atomic E-state index is 2.22. The molecule has 2 rings (SSSR count). The fraction of sp³-hybridized carbons (Fsp3) is 0.400. The van der Waals surface area contributed by atoms with Crippen molar-refractivity contribution in [2.45, 2.75) is 52.4 Å². The minimum Gasteiger partial charge on any atom is -0.107 e. The van der Waals surface area contributed by atoms with Crippen LogP contribution >= 0.6 is 24.0 Å². The van der Waals surface area contributed by atoms with E-state index in [1.165, 1.54) is 11.1 Å². The lowest BCUT2D eigenvalue weighted by Crippen LogP contribution is -2.10. The van der Waals surface area contributed by atoms with Gasteiger partial charge in [-0.2, -0.15) is 0 Å². The number of hydrogen-bond acceptors (Lipinski definition) is 0. The molecule has 2 aromatic rings. The van der Waals surface area contributed by atoms with Gasteiger partial charge in [0.1, 0.15) is 0 Å². The molecule has 0 aliphatic carbocycles. The van der Waals surface area contributed by atoms with Crippen molar-refractivity contribution in [3.63, 3.8) is 0 Å². The van der Waals surface area contributed by atoms with E-state index in [4.69, 9.17) is 0 Å². The van der Waals surface area contributed by atoms with E-state index in [0.717, 1.165) is 0 Å². The Morgan fingerprint density at radius 1 is 0.476 bits per heavy atom. The normalized spacial score (nSPS) is 11.0. The first-order valence-corrected chi connectivity index (χ1v) is 7.32. The molecule has 0 nitrogen and oxygen atoms in total. The Bertz CT molecular complexity index is 437. The zero-order chi connectivity index (χ0) is 15.2. The van der Waals surface area contributed by atoms with Gasteiger partial charge in [-0.3, -0.25) is 0 Å². The molecule has 0 heterocycles. The summed E-state index contributed by atoms with van der Waals surface area (Å²) in [5.74, 6) is 0. The molecule has 0 bridgehead atoms. The number of rotatable bonds is 0. The van der Waals surface area contributed by atoms with Gasteiger partial charge in [-0.25, -0.2) is 0 Å². The average molecular weight is 396 g/mol. The molecule has 116 valence electrons. The zero-order valence-corrected chi connectivity index (χ0v) is 16.5. The average Bonchev–Trinajstić information content (AvgIpc) is 2.40. The summed E-state index contributed by atoms with van der Waals surface area (Å²) >= 11 is 0. The maximum atomic E-state index is 2.22. The van der Waals surface area contributed by atoms with E-state index >= 15 is 0 Å². The van der Waals surface area contributed by atoms with Crippen molar-refractivity contribution in [1.82, 2.24) is 0 Å². The van der Waals surface area contributed by atoms with Gasteiger partial charge in [0.15, 0.2) is 0 Å². The monoisotopic (exact) mass is 396 g/mol. The third-order valence-electron chi connectivity index (χ3n) is 3.28. The Labute approximate surface area is 148 Å². The van der Waals surface area contributed by atoms with Crippen LogP contribution in [0.5, 0.6) is 0 Å². The quantitative estimate of drug-likeness (QED) is 0.441. The van der Waals surface area contributed by atoms with Crippen molar-refractivity contribution in [1.29, 1.82) is 0 Å². The molecule has 0 spiro atoms. The van der Waals surface area contributed by atoms with Crippen molar-refractivity contribution < 1.29 is 0 Å². The fourth-order valence-electron chi connectivity index (χ4n) is 1.88. The summed E-state index contributed by atoms with van der Waals surface area (Å²) in [4.78, 5) is 0. The summed E-state index contributed by atoms with van der Waals surface area (Å²) in [5, 5.41) is 0. The van der Waals surface area contributed by atoms with E-state index in [2.05, 4.69) is 102 Å². The van der Waals surface area contributed by atoms with Crippen LogP contribution in [0.2, 0.25) is 0 Å². The van der Waals surface area contributed by atoms with Crippen LogP contribution in [0.25, 0.3) is 0 Å². The maximum Gasteiger partial charge on any atom is -0.0132 e. The highest BCUT2D eigenvalue weighted by atomic mass is 127. The van der Waals surface area contributed by atoms with Gasteiger partial charge >= 0.3 is 0 Å². The molecule has 0 aromatic heterocycles. The predicted octanol–water partition coefficient (Wildman–Crippen LogP) is 6.59.